The van der Waals surface area contributed by atoms with Crippen LogP contribution in [0.3, 0.4) is 0 Å². The van der Waals surface area contributed by atoms with E-state index < -0.39 is 0 Å². The average Bonchev–Trinajstić information content (AvgIpc) is 3.15. The maximum absolute atomic E-state index is 14.5. The minimum Gasteiger partial charge on any atom is -0.328 e. The van der Waals surface area contributed by atoms with Gasteiger partial charge in [0.1, 0.15) is 11.5 Å². The predicted octanol–water partition coefficient (Wildman–Crippen LogP) is 6.45. The second-order valence-electron chi connectivity index (χ2n) is 9.15. The van der Waals surface area contributed by atoms with Gasteiger partial charge in [-0.15, -0.1) is 0 Å². The van der Waals surface area contributed by atoms with Crippen LogP contribution >= 0.6 is 0 Å². The molecular formula is C29H25FN4. The fourth-order valence-electron chi connectivity index (χ4n) is 5.02. The van der Waals surface area contributed by atoms with Gasteiger partial charge in [0.2, 0.25) is 0 Å². The minimum atomic E-state index is -0.332. The lowest BCUT2D eigenvalue weighted by Gasteiger charge is -2.38. The van der Waals surface area contributed by atoms with E-state index >= 15 is 0 Å². The Bertz CT molecular complexity index is 1500. The number of nitrogens with zero attached hydrogens (tertiary/aromatic N) is 3. The Hall–Kier alpha value is -3.83. The van der Waals surface area contributed by atoms with Crippen molar-refractivity contribution in [2.24, 2.45) is 12.8 Å². The van der Waals surface area contributed by atoms with Crippen molar-refractivity contribution in [3.8, 4) is 33.8 Å². The van der Waals surface area contributed by atoms with Crippen molar-refractivity contribution in [3.63, 3.8) is 0 Å². The van der Waals surface area contributed by atoms with Crippen molar-refractivity contribution < 1.29 is 4.39 Å². The number of rotatable bonds is 4. The fourth-order valence-corrected chi connectivity index (χ4v) is 5.02. The highest BCUT2D eigenvalue weighted by molar-refractivity contribution is 6.03. The summed E-state index contributed by atoms with van der Waals surface area (Å²) in [5.41, 5.74) is 13.0. The molecule has 1 aliphatic rings. The molecule has 0 saturated heterocycles. The Balaban J connectivity index is 1.57. The Morgan fingerprint density at radius 1 is 0.882 bits per heavy atom. The lowest BCUT2D eigenvalue weighted by atomic mass is 9.72. The van der Waals surface area contributed by atoms with E-state index in [1.807, 2.05) is 31.4 Å². The van der Waals surface area contributed by atoms with E-state index in [4.69, 9.17) is 10.7 Å². The number of halogens is 1. The Morgan fingerprint density at radius 2 is 1.59 bits per heavy atom. The van der Waals surface area contributed by atoms with Crippen LogP contribution in [0.1, 0.15) is 24.8 Å². The zero-order valence-electron chi connectivity index (χ0n) is 19.0. The van der Waals surface area contributed by atoms with Gasteiger partial charge in [0, 0.05) is 29.7 Å². The van der Waals surface area contributed by atoms with Gasteiger partial charge in [-0.25, -0.2) is 14.4 Å². The molecule has 3 aromatic carbocycles. The molecule has 1 saturated carbocycles. The smallest absolute Gasteiger partial charge is 0.164 e. The van der Waals surface area contributed by atoms with Crippen LogP contribution < -0.4 is 5.73 Å². The third-order valence-corrected chi connectivity index (χ3v) is 7.08. The Labute approximate surface area is 197 Å². The molecule has 1 aliphatic carbocycles. The van der Waals surface area contributed by atoms with E-state index in [9.17, 15) is 4.39 Å². The van der Waals surface area contributed by atoms with E-state index in [0.29, 0.717) is 11.4 Å². The lowest BCUT2D eigenvalue weighted by molar-refractivity contribution is 0.253. The fraction of sp³-hybridized carbons (Fsp3) is 0.172. The van der Waals surface area contributed by atoms with Gasteiger partial charge in [0.25, 0.3) is 0 Å². The molecular weight excluding hydrogens is 423 g/mol. The summed E-state index contributed by atoms with van der Waals surface area (Å²) in [6.45, 7) is 0. The normalized spacial score (nSPS) is 14.8. The highest BCUT2D eigenvalue weighted by Crippen LogP contribution is 2.42. The molecule has 1 fully saturated rings. The lowest BCUT2D eigenvalue weighted by Crippen LogP contribution is -2.43. The molecule has 0 bridgehead atoms. The van der Waals surface area contributed by atoms with Crippen molar-refractivity contribution in [2.45, 2.75) is 24.8 Å². The quantitative estimate of drug-likeness (QED) is 0.344. The molecule has 34 heavy (non-hydrogen) atoms. The van der Waals surface area contributed by atoms with Crippen LogP contribution in [0, 0.1) is 5.82 Å². The molecule has 2 N–H and O–H groups in total. The molecule has 168 valence electrons. The second kappa shape index (κ2) is 7.89. The minimum absolute atomic E-state index is 0.195. The molecule has 0 atom stereocenters. The number of aryl methyl sites for hydroxylation is 1. The van der Waals surface area contributed by atoms with Crippen LogP contribution in [0.2, 0.25) is 0 Å². The summed E-state index contributed by atoms with van der Waals surface area (Å²) in [6, 6.07) is 25.5. The van der Waals surface area contributed by atoms with Crippen molar-refractivity contribution in [1.82, 2.24) is 14.5 Å². The van der Waals surface area contributed by atoms with Gasteiger partial charge in [-0.2, -0.15) is 0 Å². The molecule has 5 aromatic rings. The summed E-state index contributed by atoms with van der Waals surface area (Å²) in [5, 5.41) is 0.933. The average molecular weight is 449 g/mol. The van der Waals surface area contributed by atoms with Crippen LogP contribution in [-0.4, -0.2) is 14.5 Å². The number of fused-ring (bicyclic) bond motifs is 1. The van der Waals surface area contributed by atoms with Crippen molar-refractivity contribution >= 4 is 11.0 Å². The maximum atomic E-state index is 14.5. The molecule has 0 spiro atoms. The van der Waals surface area contributed by atoms with E-state index in [0.717, 1.165) is 46.3 Å². The first-order valence-corrected chi connectivity index (χ1v) is 11.6. The van der Waals surface area contributed by atoms with Gasteiger partial charge in [0.15, 0.2) is 5.82 Å². The summed E-state index contributed by atoms with van der Waals surface area (Å²) in [7, 11) is 2.01. The second-order valence-corrected chi connectivity index (χ2v) is 9.15. The molecule has 6 rings (SSSR count). The molecule has 0 radical (unpaired) electrons. The SMILES string of the molecule is Cn1c(-c2ccc(C3(N)CCC3)cc2)c(-c2ccccc2)c2cnc(-c3ccccc3F)nc21. The first-order chi connectivity index (χ1) is 16.5. The zero-order chi connectivity index (χ0) is 23.3. The maximum Gasteiger partial charge on any atom is 0.164 e. The van der Waals surface area contributed by atoms with Crippen molar-refractivity contribution in [2.75, 3.05) is 0 Å². The molecule has 5 heteroatoms. The summed E-state index contributed by atoms with van der Waals surface area (Å²) in [5.74, 6) is 0.0460. The van der Waals surface area contributed by atoms with Crippen LogP contribution in [0.15, 0.2) is 85.1 Å². The van der Waals surface area contributed by atoms with Gasteiger partial charge in [-0.1, -0.05) is 66.7 Å². The van der Waals surface area contributed by atoms with Crippen LogP contribution in [0.4, 0.5) is 4.39 Å². The topological polar surface area (TPSA) is 56.7 Å². The summed E-state index contributed by atoms with van der Waals surface area (Å²) < 4.78 is 16.5. The van der Waals surface area contributed by atoms with Gasteiger partial charge in [0.05, 0.1) is 11.3 Å². The van der Waals surface area contributed by atoms with Crippen LogP contribution in [0.5, 0.6) is 0 Å². The number of benzene rings is 3. The molecule has 4 nitrogen and oxygen atoms in total. The first kappa shape index (κ1) is 20.8. The number of aromatic nitrogens is 3. The van der Waals surface area contributed by atoms with Crippen molar-refractivity contribution in [1.29, 1.82) is 0 Å². The summed E-state index contributed by atoms with van der Waals surface area (Å²) >= 11 is 0. The predicted molar refractivity (Wildman–Crippen MR) is 134 cm³/mol. The van der Waals surface area contributed by atoms with Gasteiger partial charge < -0.3 is 10.3 Å². The highest BCUT2D eigenvalue weighted by atomic mass is 19.1. The largest absolute Gasteiger partial charge is 0.328 e. The highest BCUT2D eigenvalue weighted by Gasteiger charge is 2.34. The third-order valence-electron chi connectivity index (χ3n) is 7.08. The molecule has 0 amide bonds. The summed E-state index contributed by atoms with van der Waals surface area (Å²) in [6.07, 6.45) is 5.06. The molecule has 2 heterocycles. The van der Waals surface area contributed by atoms with E-state index in [-0.39, 0.29) is 11.4 Å². The Morgan fingerprint density at radius 3 is 2.26 bits per heavy atom. The van der Waals surface area contributed by atoms with Gasteiger partial charge in [-0.3, -0.25) is 0 Å². The number of hydrogen-bond acceptors (Lipinski definition) is 3. The first-order valence-electron chi connectivity index (χ1n) is 11.6. The third kappa shape index (κ3) is 3.24. The molecule has 2 aromatic heterocycles. The van der Waals surface area contributed by atoms with Gasteiger partial charge in [-0.05, 0) is 48.1 Å². The van der Waals surface area contributed by atoms with Crippen molar-refractivity contribution in [3.05, 3.63) is 96.4 Å². The Kier molecular flexibility index (Phi) is 4.82. The summed E-state index contributed by atoms with van der Waals surface area (Å²) in [4.78, 5) is 9.37. The van der Waals surface area contributed by atoms with E-state index in [1.165, 1.54) is 18.1 Å². The van der Waals surface area contributed by atoms with Crippen LogP contribution in [-0.2, 0) is 12.6 Å². The van der Waals surface area contributed by atoms with E-state index in [2.05, 4.69) is 45.9 Å². The van der Waals surface area contributed by atoms with E-state index in [1.54, 1.807) is 18.2 Å². The number of nitrogens with two attached hydrogens (primary N) is 1. The number of hydrogen-bond donors (Lipinski definition) is 1. The molecule has 0 unspecified atom stereocenters. The monoisotopic (exact) mass is 448 g/mol. The van der Waals surface area contributed by atoms with Crippen LogP contribution in [0.25, 0.3) is 44.8 Å². The standard InChI is InChI=1S/C29H25FN4/c1-34-26(20-12-14-21(15-13-20)29(31)16-7-17-29)25(19-8-3-2-4-9-19)23-18-32-27(33-28(23)34)22-10-5-6-11-24(22)30/h2-6,8-15,18H,7,16-17,31H2,1H3. The van der Waals surface area contributed by atoms with Gasteiger partial charge >= 0.3 is 0 Å². The molecule has 0 aliphatic heterocycles. The zero-order valence-corrected chi connectivity index (χ0v) is 19.0.